The van der Waals surface area contributed by atoms with Crippen LogP contribution in [0, 0.1) is 5.92 Å². The molecule has 1 heterocycles. The van der Waals surface area contributed by atoms with Gasteiger partial charge in [0.2, 0.25) is 0 Å². The van der Waals surface area contributed by atoms with Crippen LogP contribution in [0.1, 0.15) is 35.6 Å². The summed E-state index contributed by atoms with van der Waals surface area (Å²) in [5.74, 6) is -0.172. The molecule has 136 valence electrons. The predicted octanol–water partition coefficient (Wildman–Crippen LogP) is 3.95. The summed E-state index contributed by atoms with van der Waals surface area (Å²) in [6, 6.07) is 4.85. The van der Waals surface area contributed by atoms with Crippen LogP contribution in [0.5, 0.6) is 0 Å². The molecule has 25 heavy (non-hydrogen) atoms. The van der Waals surface area contributed by atoms with Gasteiger partial charge in [-0.15, -0.1) is 0 Å². The number of alkyl halides is 3. The zero-order valence-electron chi connectivity index (χ0n) is 14.5. The highest BCUT2D eigenvalue weighted by atomic mass is 19.4. The van der Waals surface area contributed by atoms with Gasteiger partial charge in [-0.2, -0.15) is 18.3 Å². The first-order chi connectivity index (χ1) is 11.6. The maximum atomic E-state index is 12.9. The van der Waals surface area contributed by atoms with Gasteiger partial charge in [0.1, 0.15) is 0 Å². The minimum Gasteiger partial charge on any atom is -0.376 e. The molecule has 0 aliphatic carbocycles. The number of benzene rings is 1. The molecule has 0 aliphatic heterocycles. The summed E-state index contributed by atoms with van der Waals surface area (Å²) in [5.41, 5.74) is 0.670. The molecule has 2 aromatic rings. The van der Waals surface area contributed by atoms with Crippen molar-refractivity contribution in [2.45, 2.75) is 26.4 Å². The third kappa shape index (κ3) is 4.74. The molecule has 0 fully saturated rings. The number of rotatable bonds is 5. The van der Waals surface area contributed by atoms with Crippen molar-refractivity contribution in [1.82, 2.24) is 10.2 Å². The Kier molecular flexibility index (Phi) is 5.39. The third-order valence-corrected chi connectivity index (χ3v) is 3.55. The van der Waals surface area contributed by atoms with Crippen LogP contribution in [0.3, 0.4) is 0 Å². The van der Waals surface area contributed by atoms with E-state index in [2.05, 4.69) is 15.5 Å². The van der Waals surface area contributed by atoms with Crippen LogP contribution < -0.4 is 10.2 Å². The van der Waals surface area contributed by atoms with Gasteiger partial charge in [-0.3, -0.25) is 9.89 Å². The van der Waals surface area contributed by atoms with Crippen LogP contribution in [0.25, 0.3) is 0 Å². The number of nitrogens with one attached hydrogen (secondary N) is 2. The number of nitrogens with zero attached hydrogens (tertiary/aromatic N) is 2. The fourth-order valence-electron chi connectivity index (χ4n) is 2.41. The molecule has 1 amide bonds. The molecular formula is C17H21F3N4O. The standard InChI is InChI=1S/C17H21F3N4O/c1-10(2)7-12-9-14(23-22-12)16(25)21-13-8-11(17(18,19)20)5-6-15(13)24(3)4/h5-6,8-10H,7H2,1-4H3,(H,21,25)(H,22,23). The first-order valence-corrected chi connectivity index (χ1v) is 7.82. The number of halogens is 3. The van der Waals surface area contributed by atoms with E-state index in [1.54, 1.807) is 25.1 Å². The van der Waals surface area contributed by atoms with Gasteiger partial charge in [0.15, 0.2) is 5.69 Å². The number of H-pyrrole nitrogens is 1. The van der Waals surface area contributed by atoms with E-state index in [0.717, 1.165) is 24.2 Å². The molecule has 5 nitrogen and oxygen atoms in total. The van der Waals surface area contributed by atoms with E-state index >= 15 is 0 Å². The second kappa shape index (κ2) is 7.16. The van der Waals surface area contributed by atoms with Gasteiger partial charge >= 0.3 is 6.18 Å². The maximum absolute atomic E-state index is 12.9. The zero-order chi connectivity index (χ0) is 18.8. The lowest BCUT2D eigenvalue weighted by Gasteiger charge is -2.19. The van der Waals surface area contributed by atoms with E-state index in [9.17, 15) is 18.0 Å². The average molecular weight is 354 g/mol. The van der Waals surface area contributed by atoms with Gasteiger partial charge in [-0.05, 0) is 36.6 Å². The van der Waals surface area contributed by atoms with Gasteiger partial charge in [-0.1, -0.05) is 13.8 Å². The predicted molar refractivity (Wildman–Crippen MR) is 90.9 cm³/mol. The Balaban J connectivity index is 2.28. The van der Waals surface area contributed by atoms with Crippen molar-refractivity contribution >= 4 is 17.3 Å². The molecule has 0 spiro atoms. The molecule has 0 atom stereocenters. The molecule has 1 aromatic carbocycles. The molecule has 0 radical (unpaired) electrons. The Hall–Kier alpha value is -2.51. The Morgan fingerprint density at radius 3 is 2.52 bits per heavy atom. The van der Waals surface area contributed by atoms with E-state index in [1.807, 2.05) is 13.8 Å². The van der Waals surface area contributed by atoms with Crippen LogP contribution in [-0.2, 0) is 12.6 Å². The van der Waals surface area contributed by atoms with Gasteiger partial charge in [-0.25, -0.2) is 0 Å². The molecular weight excluding hydrogens is 333 g/mol. The summed E-state index contributed by atoms with van der Waals surface area (Å²) in [7, 11) is 3.38. The Morgan fingerprint density at radius 1 is 1.28 bits per heavy atom. The topological polar surface area (TPSA) is 61.0 Å². The second-order valence-corrected chi connectivity index (χ2v) is 6.45. The van der Waals surface area contributed by atoms with Crippen LogP contribution >= 0.6 is 0 Å². The lowest BCUT2D eigenvalue weighted by Crippen LogP contribution is -2.18. The van der Waals surface area contributed by atoms with Crippen molar-refractivity contribution < 1.29 is 18.0 Å². The van der Waals surface area contributed by atoms with Crippen LogP contribution in [0.4, 0.5) is 24.5 Å². The fraction of sp³-hybridized carbons (Fsp3) is 0.412. The van der Waals surface area contributed by atoms with Crippen molar-refractivity contribution in [2.24, 2.45) is 5.92 Å². The minimum absolute atomic E-state index is 0.0817. The van der Waals surface area contributed by atoms with Crippen LogP contribution in [0.2, 0.25) is 0 Å². The van der Waals surface area contributed by atoms with Gasteiger partial charge < -0.3 is 10.2 Å². The van der Waals surface area contributed by atoms with E-state index in [4.69, 9.17) is 0 Å². The van der Waals surface area contributed by atoms with Crippen LogP contribution in [-0.4, -0.2) is 30.2 Å². The number of aromatic nitrogens is 2. The van der Waals surface area contributed by atoms with Crippen molar-refractivity contribution in [3.63, 3.8) is 0 Å². The van der Waals surface area contributed by atoms with Gasteiger partial charge in [0.05, 0.1) is 16.9 Å². The second-order valence-electron chi connectivity index (χ2n) is 6.45. The summed E-state index contributed by atoms with van der Waals surface area (Å²) >= 11 is 0. The SMILES string of the molecule is CC(C)Cc1cc(C(=O)Nc2cc(C(F)(F)F)ccc2N(C)C)n[nH]1. The van der Waals surface area contributed by atoms with E-state index < -0.39 is 17.6 Å². The number of carbonyl (C=O) groups excluding carboxylic acids is 1. The largest absolute Gasteiger partial charge is 0.416 e. The van der Waals surface area contributed by atoms with E-state index in [-0.39, 0.29) is 11.4 Å². The number of amides is 1. The summed E-state index contributed by atoms with van der Waals surface area (Å²) < 4.78 is 38.8. The minimum atomic E-state index is -4.49. The van der Waals surface area contributed by atoms with Gasteiger partial charge in [0.25, 0.3) is 5.91 Å². The summed E-state index contributed by atoms with van der Waals surface area (Å²) in [6.07, 6.45) is -3.76. The lowest BCUT2D eigenvalue weighted by atomic mass is 10.1. The van der Waals surface area contributed by atoms with Crippen molar-refractivity contribution in [1.29, 1.82) is 0 Å². The van der Waals surface area contributed by atoms with Gasteiger partial charge in [0, 0.05) is 19.8 Å². The summed E-state index contributed by atoms with van der Waals surface area (Å²) in [6.45, 7) is 4.07. The number of aromatic amines is 1. The number of anilines is 2. The highest BCUT2D eigenvalue weighted by Gasteiger charge is 2.31. The molecule has 0 aliphatic rings. The molecule has 0 unspecified atom stereocenters. The Morgan fingerprint density at radius 2 is 1.96 bits per heavy atom. The molecule has 2 rings (SSSR count). The van der Waals surface area contributed by atoms with Crippen molar-refractivity contribution in [3.05, 3.63) is 41.2 Å². The third-order valence-electron chi connectivity index (χ3n) is 3.55. The number of hydrogen-bond donors (Lipinski definition) is 2. The van der Waals surface area contributed by atoms with Crippen molar-refractivity contribution in [2.75, 3.05) is 24.3 Å². The monoisotopic (exact) mass is 354 g/mol. The first-order valence-electron chi connectivity index (χ1n) is 7.82. The molecule has 0 saturated heterocycles. The molecule has 8 heteroatoms. The summed E-state index contributed by atoms with van der Waals surface area (Å²) in [4.78, 5) is 14.0. The van der Waals surface area contributed by atoms with Crippen molar-refractivity contribution in [3.8, 4) is 0 Å². The highest BCUT2D eigenvalue weighted by molar-refractivity contribution is 6.04. The normalized spacial score (nSPS) is 11.7. The smallest absolute Gasteiger partial charge is 0.376 e. The van der Waals surface area contributed by atoms with E-state index in [1.165, 1.54) is 6.07 Å². The molecule has 2 N–H and O–H groups in total. The first kappa shape index (κ1) is 18.8. The fourth-order valence-corrected chi connectivity index (χ4v) is 2.41. The quantitative estimate of drug-likeness (QED) is 0.855. The molecule has 0 bridgehead atoms. The van der Waals surface area contributed by atoms with Crippen LogP contribution in [0.15, 0.2) is 24.3 Å². The lowest BCUT2D eigenvalue weighted by molar-refractivity contribution is -0.137. The Labute approximate surface area is 144 Å². The Bertz CT molecular complexity index is 751. The highest BCUT2D eigenvalue weighted by Crippen LogP contribution is 2.35. The average Bonchev–Trinajstić information content (AvgIpc) is 2.93. The summed E-state index contributed by atoms with van der Waals surface area (Å²) in [5, 5.41) is 9.24. The number of carbonyl (C=O) groups is 1. The van der Waals surface area contributed by atoms with E-state index in [0.29, 0.717) is 11.6 Å². The molecule has 0 saturated carbocycles. The maximum Gasteiger partial charge on any atom is 0.416 e. The zero-order valence-corrected chi connectivity index (χ0v) is 14.5. The number of hydrogen-bond acceptors (Lipinski definition) is 3. The molecule has 1 aromatic heterocycles.